The zero-order chi connectivity index (χ0) is 57.9. The van der Waals surface area contributed by atoms with Gasteiger partial charge in [0.2, 0.25) is 0 Å². The maximum absolute atomic E-state index is 13.6. The Bertz CT molecular complexity index is 4120. The fourth-order valence-electron chi connectivity index (χ4n) is 8.38. The number of carbonyl (C=O) groups excluding carboxylic acids is 3. The predicted octanol–water partition coefficient (Wildman–Crippen LogP) is 7.32. The van der Waals surface area contributed by atoms with E-state index in [1.807, 2.05) is 32.3 Å². The summed E-state index contributed by atoms with van der Waals surface area (Å²) in [6.45, 7) is -0.317. The van der Waals surface area contributed by atoms with Crippen LogP contribution >= 0.6 is 0 Å². The third kappa shape index (κ3) is 13.5. The van der Waals surface area contributed by atoms with Crippen LogP contribution < -0.4 is 27.1 Å². The van der Waals surface area contributed by atoms with Crippen LogP contribution in [0.1, 0.15) is 64.2 Å². The summed E-state index contributed by atoms with van der Waals surface area (Å²) in [7, 11) is 6.99. The highest BCUT2D eigenvalue weighted by Crippen LogP contribution is 2.30. The summed E-state index contributed by atoms with van der Waals surface area (Å²) < 4.78 is 56.1. The summed E-state index contributed by atoms with van der Waals surface area (Å²) in [5.41, 5.74) is 3.96. The molecule has 412 valence electrons. The van der Waals surface area contributed by atoms with Crippen LogP contribution in [-0.2, 0) is 26.2 Å². The number of carboxylic acid groups (broad SMARTS) is 1. The Morgan fingerprint density at radius 1 is 0.580 bits per heavy atom. The summed E-state index contributed by atoms with van der Waals surface area (Å²) in [4.78, 5) is 101. The number of carbonyl (C=O) groups is 4. The molecule has 6 N–H and O–H groups in total. The fraction of sp³-hybridized carbons (Fsp3) is 0.138. The zero-order valence-electron chi connectivity index (χ0n) is 43.7. The molecular weight excluding hydrogens is 1050 g/mol. The second-order valence-corrected chi connectivity index (χ2v) is 18.2. The highest BCUT2D eigenvalue weighted by Gasteiger charge is 2.20. The van der Waals surface area contributed by atoms with Crippen LogP contribution in [0.3, 0.4) is 0 Å². The van der Waals surface area contributed by atoms with Crippen molar-refractivity contribution < 1.29 is 41.8 Å². The second-order valence-electron chi connectivity index (χ2n) is 18.2. The Morgan fingerprint density at radius 3 is 1.43 bits per heavy atom. The summed E-state index contributed by atoms with van der Waals surface area (Å²) in [5.74, 6) is -6.94. The van der Waals surface area contributed by atoms with Gasteiger partial charge in [-0.1, -0.05) is 12.1 Å². The number of H-pyrrole nitrogens is 2. The first-order valence-corrected chi connectivity index (χ1v) is 24.7. The van der Waals surface area contributed by atoms with Gasteiger partial charge in [-0.25, -0.2) is 42.3 Å². The first-order valence-electron chi connectivity index (χ1n) is 24.7. The largest absolute Gasteiger partial charge is 0.477 e. The highest BCUT2D eigenvalue weighted by atomic mass is 19.2. The van der Waals surface area contributed by atoms with Gasteiger partial charge >= 0.3 is 5.97 Å². The number of amides is 3. The van der Waals surface area contributed by atoms with E-state index in [-0.39, 0.29) is 60.3 Å². The molecule has 10 aromatic rings. The van der Waals surface area contributed by atoms with Gasteiger partial charge in [-0.2, -0.15) is 0 Å². The molecule has 23 heteroatoms. The quantitative estimate of drug-likeness (QED) is 0.0586. The summed E-state index contributed by atoms with van der Waals surface area (Å²) in [6, 6.07) is 26.2. The smallest absolute Gasteiger partial charge is 0.354 e. The van der Waals surface area contributed by atoms with Gasteiger partial charge in [0.25, 0.3) is 28.8 Å². The number of hydrogen-bond acceptors (Lipinski definition) is 11. The molecule has 10 rings (SSSR count). The van der Waals surface area contributed by atoms with Gasteiger partial charge in [0.1, 0.15) is 33.8 Å². The Morgan fingerprint density at radius 2 is 1.01 bits per heavy atom. The number of fused-ring (bicyclic) bond motifs is 2. The van der Waals surface area contributed by atoms with E-state index in [2.05, 4.69) is 45.9 Å². The average molecular weight is 1100 g/mol. The van der Waals surface area contributed by atoms with Crippen molar-refractivity contribution in [2.24, 2.45) is 0 Å². The lowest BCUT2D eigenvalue weighted by molar-refractivity contribution is 0.0689. The first-order chi connectivity index (χ1) is 38.9. The van der Waals surface area contributed by atoms with Crippen molar-refractivity contribution in [1.82, 2.24) is 59.9 Å². The molecule has 2 aromatic carbocycles. The number of carboxylic acids is 1. The monoisotopic (exact) mass is 1100 g/mol. The van der Waals surface area contributed by atoms with Crippen LogP contribution in [0.2, 0.25) is 0 Å². The molecule has 0 spiro atoms. The minimum atomic E-state index is -1.24. The van der Waals surface area contributed by atoms with Crippen LogP contribution in [0.15, 0.2) is 156 Å². The van der Waals surface area contributed by atoms with Gasteiger partial charge < -0.3 is 45.1 Å². The van der Waals surface area contributed by atoms with Crippen molar-refractivity contribution in [1.29, 1.82) is 0 Å². The third-order valence-corrected chi connectivity index (χ3v) is 12.2. The topological polar surface area (TPSA) is 255 Å². The van der Waals surface area contributed by atoms with Crippen molar-refractivity contribution in [2.75, 3.05) is 28.2 Å². The Balaban J connectivity index is 0.000000203. The number of hydrogen-bond donors (Lipinski definition) is 6. The van der Waals surface area contributed by atoms with Crippen molar-refractivity contribution >= 4 is 45.8 Å². The number of aromatic amines is 2. The molecule has 0 bridgehead atoms. The number of nitrogens with zero attached hydrogens (tertiary/aromatic N) is 7. The van der Waals surface area contributed by atoms with Crippen LogP contribution in [0.4, 0.5) is 17.6 Å². The summed E-state index contributed by atoms with van der Waals surface area (Å²) in [5, 5.41) is 19.3. The van der Waals surface area contributed by atoms with E-state index in [0.717, 1.165) is 40.6 Å². The Hall–Kier alpha value is -10.4. The lowest BCUT2D eigenvalue weighted by Crippen LogP contribution is -2.33. The summed E-state index contributed by atoms with van der Waals surface area (Å²) >= 11 is 0. The molecule has 8 heterocycles. The van der Waals surface area contributed by atoms with E-state index in [9.17, 15) is 51.4 Å². The molecule has 8 aromatic heterocycles. The number of benzene rings is 2. The van der Waals surface area contributed by atoms with Crippen molar-refractivity contribution in [3.8, 4) is 22.3 Å². The van der Waals surface area contributed by atoms with Gasteiger partial charge in [0.15, 0.2) is 23.3 Å². The van der Waals surface area contributed by atoms with Crippen LogP contribution in [-0.4, -0.2) is 101 Å². The van der Waals surface area contributed by atoms with Gasteiger partial charge in [-0.3, -0.25) is 24.0 Å². The van der Waals surface area contributed by atoms with Gasteiger partial charge in [-0.05, 0) is 133 Å². The van der Waals surface area contributed by atoms with Gasteiger partial charge in [0.05, 0.1) is 37.6 Å². The molecule has 0 fully saturated rings. The molecule has 3 amide bonds. The molecule has 0 aliphatic carbocycles. The van der Waals surface area contributed by atoms with E-state index in [4.69, 9.17) is 0 Å². The molecule has 19 nitrogen and oxygen atoms in total. The maximum atomic E-state index is 13.6. The van der Waals surface area contributed by atoms with Crippen molar-refractivity contribution in [3.05, 3.63) is 235 Å². The van der Waals surface area contributed by atoms with Crippen LogP contribution in [0, 0.1) is 23.3 Å². The van der Waals surface area contributed by atoms with Crippen molar-refractivity contribution in [2.45, 2.75) is 26.2 Å². The maximum Gasteiger partial charge on any atom is 0.354 e. The molecule has 0 aliphatic rings. The molecular formula is C58H50F4N12O7. The lowest BCUT2D eigenvalue weighted by Gasteiger charge is -2.13. The number of aromatic nitrogens is 8. The number of rotatable bonds is 14. The summed E-state index contributed by atoms with van der Waals surface area (Å²) in [6.07, 6.45) is 9.70. The second kappa shape index (κ2) is 25.4. The minimum Gasteiger partial charge on any atom is -0.477 e. The minimum absolute atomic E-state index is 0.0454. The Kier molecular flexibility index (Phi) is 17.8. The SMILES string of the molecule is CN(C)C(=O)c1cc(-c2c[nH]c3ncccc23)cc(CNC(=O)c2cccn(Cc3ccc(F)c(F)c3)c2=O)n1.CNC.O=C(O)c1cc(-c2c[nH]c3ncccc23)cc(CNC(=O)c2cccn(Cc3ccc(F)c(F)c3)c2=O)n1. The normalized spacial score (nSPS) is 10.8. The van der Waals surface area contributed by atoms with E-state index < -0.39 is 52.2 Å². The van der Waals surface area contributed by atoms with Crippen LogP contribution in [0.5, 0.6) is 0 Å². The van der Waals surface area contributed by atoms with E-state index >= 15 is 0 Å². The molecule has 0 atom stereocenters. The molecule has 0 saturated carbocycles. The average Bonchev–Trinajstić information content (AvgIpc) is 4.11. The lowest BCUT2D eigenvalue weighted by atomic mass is 10.0. The molecule has 0 saturated heterocycles. The molecule has 0 radical (unpaired) electrons. The fourth-order valence-corrected chi connectivity index (χ4v) is 8.38. The van der Waals surface area contributed by atoms with Crippen molar-refractivity contribution in [3.63, 3.8) is 0 Å². The van der Waals surface area contributed by atoms with E-state index in [1.165, 1.54) is 68.9 Å². The molecule has 0 unspecified atom stereocenters. The predicted molar refractivity (Wildman–Crippen MR) is 293 cm³/mol. The Labute approximate surface area is 458 Å². The highest BCUT2D eigenvalue weighted by molar-refractivity contribution is 5.98. The number of aromatic carboxylic acids is 1. The third-order valence-electron chi connectivity index (χ3n) is 12.2. The zero-order valence-corrected chi connectivity index (χ0v) is 43.7. The first kappa shape index (κ1) is 56.8. The standard InChI is InChI=1S/C29H24F2N6O3.C27H19F2N5O4.C2H7N/c1-36(2)29(40)25-13-18(22-15-33-26-20(22)5-3-9-32-26)12-19(35-25)14-34-27(38)21-6-4-10-37(28(21)39)16-17-7-8-23(30)24(31)11-17;28-21-6-5-15(9-22(21)29)14-34-8-2-4-19(26(34)36)25(35)32-12-17-10-16(11-23(33-17)27(37)38)20-13-31-24-18(20)3-1-7-30-24;1-3-2/h3-13,15H,14,16H2,1-2H3,(H,32,33)(H,34,38);1-11,13H,12,14H2,(H,30,31)(H,32,35)(H,37,38);3H,1-2H3. The van der Waals surface area contributed by atoms with Crippen LogP contribution in [0.25, 0.3) is 44.3 Å². The molecule has 0 aliphatic heterocycles. The molecule has 81 heavy (non-hydrogen) atoms. The van der Waals surface area contributed by atoms with E-state index in [1.54, 1.807) is 63.1 Å². The number of halogens is 4. The van der Waals surface area contributed by atoms with Gasteiger partial charge in [-0.15, -0.1) is 0 Å². The number of nitrogens with one attached hydrogen (secondary N) is 5. The number of pyridine rings is 6. The van der Waals surface area contributed by atoms with E-state index in [0.29, 0.717) is 44.8 Å². The van der Waals surface area contributed by atoms with Gasteiger partial charge in [0, 0.05) is 73.2 Å².